The molecule has 0 saturated heterocycles. The van der Waals surface area contributed by atoms with Crippen LogP contribution in [0.3, 0.4) is 0 Å². The molecule has 1 aromatic heterocycles. The Kier molecular flexibility index (Phi) is 4.70. The van der Waals surface area contributed by atoms with Crippen LogP contribution >= 0.6 is 11.3 Å². The van der Waals surface area contributed by atoms with Gasteiger partial charge in [-0.3, -0.25) is 4.79 Å². The van der Waals surface area contributed by atoms with Gasteiger partial charge in [-0.05, 0) is 29.6 Å². The normalized spacial score (nSPS) is 10.8. The van der Waals surface area contributed by atoms with Crippen molar-refractivity contribution in [1.29, 1.82) is 5.26 Å². The number of carbonyl (C=O) groups is 1. The first-order valence-electron chi connectivity index (χ1n) is 5.84. The molecule has 2 N–H and O–H groups in total. The van der Waals surface area contributed by atoms with Crippen LogP contribution in [0.5, 0.6) is 0 Å². The van der Waals surface area contributed by atoms with Gasteiger partial charge in [0.1, 0.15) is 4.21 Å². The lowest BCUT2D eigenvalue weighted by Crippen LogP contribution is -2.32. The van der Waals surface area contributed by atoms with E-state index in [4.69, 9.17) is 5.26 Å². The highest BCUT2D eigenvalue weighted by molar-refractivity contribution is 7.91. The van der Waals surface area contributed by atoms with E-state index in [9.17, 15) is 13.2 Å². The number of rotatable bonds is 5. The van der Waals surface area contributed by atoms with Gasteiger partial charge in [0.25, 0.3) is 10.0 Å². The smallest absolute Gasteiger partial charge is 0.250 e. The molecule has 1 aromatic carbocycles. The summed E-state index contributed by atoms with van der Waals surface area (Å²) in [7, 11) is -3.66. The van der Waals surface area contributed by atoms with Crippen LogP contribution in [0.25, 0.3) is 0 Å². The second kappa shape index (κ2) is 6.49. The van der Waals surface area contributed by atoms with E-state index in [1.165, 1.54) is 12.1 Å². The van der Waals surface area contributed by atoms with Crippen molar-refractivity contribution in [2.75, 3.05) is 11.9 Å². The highest BCUT2D eigenvalue weighted by Crippen LogP contribution is 2.15. The molecule has 1 heterocycles. The summed E-state index contributed by atoms with van der Waals surface area (Å²) in [6.07, 6.45) is 0. The van der Waals surface area contributed by atoms with Crippen molar-refractivity contribution in [3.8, 4) is 6.07 Å². The molecule has 108 valence electrons. The maximum atomic E-state index is 11.8. The van der Waals surface area contributed by atoms with E-state index in [0.29, 0.717) is 11.3 Å². The summed E-state index contributed by atoms with van der Waals surface area (Å²) >= 11 is 1.07. The van der Waals surface area contributed by atoms with Gasteiger partial charge in [0.2, 0.25) is 5.91 Å². The van der Waals surface area contributed by atoms with Crippen molar-refractivity contribution in [3.63, 3.8) is 0 Å². The Morgan fingerprint density at radius 3 is 2.76 bits per heavy atom. The van der Waals surface area contributed by atoms with E-state index in [1.807, 2.05) is 6.07 Å². The molecule has 0 aliphatic heterocycles. The maximum absolute atomic E-state index is 11.8. The zero-order valence-electron chi connectivity index (χ0n) is 10.7. The number of nitriles is 1. The molecule has 0 radical (unpaired) electrons. The third-order valence-corrected chi connectivity index (χ3v) is 5.26. The molecule has 8 heteroatoms. The molecule has 0 aliphatic carbocycles. The summed E-state index contributed by atoms with van der Waals surface area (Å²) in [6.45, 7) is -0.378. The van der Waals surface area contributed by atoms with Crippen molar-refractivity contribution >= 4 is 33.0 Å². The molecule has 0 fully saturated rings. The Morgan fingerprint density at radius 1 is 1.29 bits per heavy atom. The molecule has 0 atom stereocenters. The maximum Gasteiger partial charge on any atom is 0.250 e. The van der Waals surface area contributed by atoms with Crippen LogP contribution in [0, 0.1) is 11.3 Å². The van der Waals surface area contributed by atoms with Gasteiger partial charge < -0.3 is 5.32 Å². The van der Waals surface area contributed by atoms with Crippen LogP contribution in [0.4, 0.5) is 5.69 Å². The predicted molar refractivity (Wildman–Crippen MR) is 79.3 cm³/mol. The number of benzene rings is 1. The lowest BCUT2D eigenvalue weighted by Gasteiger charge is -2.07. The van der Waals surface area contributed by atoms with E-state index in [-0.39, 0.29) is 10.8 Å². The molecule has 0 unspecified atom stereocenters. The quantitative estimate of drug-likeness (QED) is 0.872. The number of hydrogen-bond acceptors (Lipinski definition) is 5. The molecule has 6 nitrogen and oxygen atoms in total. The van der Waals surface area contributed by atoms with Crippen LogP contribution in [0.2, 0.25) is 0 Å². The first kappa shape index (κ1) is 15.2. The third-order valence-electron chi connectivity index (χ3n) is 2.46. The molecular formula is C13H11N3O3S2. The molecule has 1 amide bonds. The van der Waals surface area contributed by atoms with Gasteiger partial charge in [0.05, 0.1) is 18.2 Å². The summed E-state index contributed by atoms with van der Waals surface area (Å²) in [5.41, 5.74) is 0.848. The zero-order valence-corrected chi connectivity index (χ0v) is 12.4. The first-order valence-corrected chi connectivity index (χ1v) is 8.21. The minimum Gasteiger partial charge on any atom is -0.325 e. The number of hydrogen-bond donors (Lipinski definition) is 2. The Morgan fingerprint density at radius 2 is 2.10 bits per heavy atom. The largest absolute Gasteiger partial charge is 0.325 e. The third kappa shape index (κ3) is 4.13. The van der Waals surface area contributed by atoms with Crippen molar-refractivity contribution in [2.24, 2.45) is 0 Å². The Hall–Kier alpha value is -2.21. The van der Waals surface area contributed by atoms with Gasteiger partial charge in [-0.25, -0.2) is 13.1 Å². The van der Waals surface area contributed by atoms with Crippen LogP contribution in [-0.4, -0.2) is 20.9 Å². The lowest BCUT2D eigenvalue weighted by molar-refractivity contribution is -0.115. The van der Waals surface area contributed by atoms with Crippen molar-refractivity contribution < 1.29 is 13.2 Å². The lowest BCUT2D eigenvalue weighted by atomic mass is 10.2. The number of sulfonamides is 1. The van der Waals surface area contributed by atoms with Gasteiger partial charge in [-0.2, -0.15) is 5.26 Å². The zero-order chi connectivity index (χ0) is 15.3. The summed E-state index contributed by atoms with van der Waals surface area (Å²) in [5, 5.41) is 12.9. The SMILES string of the molecule is N#Cc1cccc(NC(=O)CNS(=O)(=O)c2cccs2)c1. The Bertz CT molecular complexity index is 777. The second-order valence-corrected chi connectivity index (χ2v) is 6.94. The molecule has 0 spiro atoms. The van der Waals surface area contributed by atoms with Crippen molar-refractivity contribution in [3.05, 3.63) is 47.3 Å². The van der Waals surface area contributed by atoms with Crippen molar-refractivity contribution in [2.45, 2.75) is 4.21 Å². The first-order chi connectivity index (χ1) is 10.0. The molecule has 21 heavy (non-hydrogen) atoms. The number of nitrogens with zero attached hydrogens (tertiary/aromatic N) is 1. The summed E-state index contributed by atoms with van der Waals surface area (Å²) < 4.78 is 26.0. The number of carbonyl (C=O) groups excluding carboxylic acids is 1. The number of anilines is 1. The molecule has 0 bridgehead atoms. The van der Waals surface area contributed by atoms with Crippen LogP contribution in [0.1, 0.15) is 5.56 Å². The number of amides is 1. The van der Waals surface area contributed by atoms with Crippen LogP contribution in [-0.2, 0) is 14.8 Å². The predicted octanol–water partition coefficient (Wildman–Crippen LogP) is 1.54. The fourth-order valence-corrected chi connectivity index (χ4v) is 3.54. The van der Waals surface area contributed by atoms with Gasteiger partial charge in [-0.1, -0.05) is 12.1 Å². The topological polar surface area (TPSA) is 99.1 Å². The molecule has 0 saturated carbocycles. The highest BCUT2D eigenvalue weighted by Gasteiger charge is 2.16. The fourth-order valence-electron chi connectivity index (χ4n) is 1.52. The van der Waals surface area contributed by atoms with E-state index < -0.39 is 15.9 Å². The minimum atomic E-state index is -3.66. The average molecular weight is 321 g/mol. The van der Waals surface area contributed by atoms with Gasteiger partial charge >= 0.3 is 0 Å². The van der Waals surface area contributed by atoms with Crippen LogP contribution in [0.15, 0.2) is 46.0 Å². The van der Waals surface area contributed by atoms with Gasteiger partial charge in [-0.15, -0.1) is 11.3 Å². The fraction of sp³-hybridized carbons (Fsp3) is 0.0769. The number of thiophene rings is 1. The second-order valence-electron chi connectivity index (χ2n) is 4.00. The van der Waals surface area contributed by atoms with E-state index in [1.54, 1.807) is 29.6 Å². The minimum absolute atomic E-state index is 0.154. The average Bonchev–Trinajstić information content (AvgIpc) is 3.00. The molecular weight excluding hydrogens is 310 g/mol. The van der Waals surface area contributed by atoms with E-state index in [2.05, 4.69) is 10.0 Å². The standard InChI is InChI=1S/C13H11N3O3S2/c14-8-10-3-1-4-11(7-10)16-12(17)9-15-21(18,19)13-5-2-6-20-13/h1-7,15H,9H2,(H,16,17). The molecule has 2 aromatic rings. The van der Waals surface area contributed by atoms with Gasteiger partial charge in [0, 0.05) is 5.69 Å². The van der Waals surface area contributed by atoms with E-state index >= 15 is 0 Å². The van der Waals surface area contributed by atoms with Gasteiger partial charge in [0.15, 0.2) is 0 Å². The number of nitrogens with one attached hydrogen (secondary N) is 2. The summed E-state index contributed by atoms with van der Waals surface area (Å²) in [6, 6.07) is 11.4. The highest BCUT2D eigenvalue weighted by atomic mass is 32.2. The monoisotopic (exact) mass is 321 g/mol. The van der Waals surface area contributed by atoms with Crippen LogP contribution < -0.4 is 10.0 Å². The Labute approximate surface area is 126 Å². The van der Waals surface area contributed by atoms with E-state index in [0.717, 1.165) is 11.3 Å². The molecule has 2 rings (SSSR count). The summed E-state index contributed by atoms with van der Waals surface area (Å²) in [4.78, 5) is 11.7. The summed E-state index contributed by atoms with van der Waals surface area (Å²) in [5.74, 6) is -0.509. The Balaban J connectivity index is 1.95. The molecule has 0 aliphatic rings. The van der Waals surface area contributed by atoms with Crippen molar-refractivity contribution in [1.82, 2.24) is 4.72 Å².